The molecule has 1 amide bonds. The molecule has 1 aliphatic rings. The Bertz CT molecular complexity index is 1210. The van der Waals surface area contributed by atoms with Crippen molar-refractivity contribution in [2.24, 2.45) is 0 Å². The van der Waals surface area contributed by atoms with Gasteiger partial charge in [-0.1, -0.05) is 36.4 Å². The summed E-state index contributed by atoms with van der Waals surface area (Å²) in [6, 6.07) is 20.5. The van der Waals surface area contributed by atoms with E-state index in [2.05, 4.69) is 4.72 Å². The highest BCUT2D eigenvalue weighted by Gasteiger charge is 2.23. The summed E-state index contributed by atoms with van der Waals surface area (Å²) >= 11 is 0. The van der Waals surface area contributed by atoms with Gasteiger partial charge in [-0.05, 0) is 48.9 Å². The Morgan fingerprint density at radius 1 is 0.969 bits per heavy atom. The molecule has 1 heterocycles. The van der Waals surface area contributed by atoms with Gasteiger partial charge < -0.3 is 14.4 Å². The molecule has 32 heavy (non-hydrogen) atoms. The first-order valence-electron chi connectivity index (χ1n) is 10.3. The van der Waals surface area contributed by atoms with E-state index in [0.29, 0.717) is 54.6 Å². The van der Waals surface area contributed by atoms with Gasteiger partial charge >= 0.3 is 0 Å². The Hall–Kier alpha value is -3.36. The number of carbonyl (C=O) groups is 1. The number of carbonyl (C=O) groups excluding carboxylic acids is 1. The maximum Gasteiger partial charge on any atom is 0.262 e. The molecule has 1 aliphatic heterocycles. The summed E-state index contributed by atoms with van der Waals surface area (Å²) < 4.78 is 40.1. The van der Waals surface area contributed by atoms with Gasteiger partial charge in [0.15, 0.2) is 5.75 Å². The van der Waals surface area contributed by atoms with E-state index in [9.17, 15) is 13.2 Å². The third-order valence-corrected chi connectivity index (χ3v) is 6.51. The summed E-state index contributed by atoms with van der Waals surface area (Å²) in [5, 5.41) is 0. The Morgan fingerprint density at radius 3 is 2.41 bits per heavy atom. The van der Waals surface area contributed by atoms with E-state index >= 15 is 0 Å². The van der Waals surface area contributed by atoms with Crippen molar-refractivity contribution in [1.82, 2.24) is 4.90 Å². The SMILES string of the molecule is Cc1ccc(S(=O)(=O)Nc2ccccc2Oc2ccccc2)cc1C(=O)N1CCOCC1. The molecule has 0 spiro atoms. The lowest BCUT2D eigenvalue weighted by atomic mass is 10.1. The average Bonchev–Trinajstić information content (AvgIpc) is 2.81. The largest absolute Gasteiger partial charge is 0.455 e. The van der Waals surface area contributed by atoms with Crippen molar-refractivity contribution in [3.63, 3.8) is 0 Å². The molecule has 0 bridgehead atoms. The lowest BCUT2D eigenvalue weighted by molar-refractivity contribution is 0.0302. The topological polar surface area (TPSA) is 84.9 Å². The lowest BCUT2D eigenvalue weighted by Crippen LogP contribution is -2.41. The minimum atomic E-state index is -3.96. The van der Waals surface area contributed by atoms with Gasteiger partial charge in [0.05, 0.1) is 23.8 Å². The molecule has 3 aromatic rings. The van der Waals surface area contributed by atoms with Crippen LogP contribution >= 0.6 is 0 Å². The molecule has 0 aliphatic carbocycles. The minimum Gasteiger partial charge on any atom is -0.455 e. The molecule has 8 heteroatoms. The summed E-state index contributed by atoms with van der Waals surface area (Å²) in [5.74, 6) is 0.766. The van der Waals surface area contributed by atoms with Gasteiger partial charge in [-0.15, -0.1) is 0 Å². The maximum atomic E-state index is 13.2. The van der Waals surface area contributed by atoms with Crippen LogP contribution in [0.4, 0.5) is 5.69 Å². The summed E-state index contributed by atoms with van der Waals surface area (Å²) in [4.78, 5) is 14.6. The van der Waals surface area contributed by atoms with Crippen molar-refractivity contribution in [2.45, 2.75) is 11.8 Å². The number of hydrogen-bond donors (Lipinski definition) is 1. The second-order valence-corrected chi connectivity index (χ2v) is 9.08. The molecule has 0 atom stereocenters. The first-order valence-corrected chi connectivity index (χ1v) is 11.7. The summed E-state index contributed by atoms with van der Waals surface area (Å²) in [6.07, 6.45) is 0. The molecule has 1 fully saturated rings. The fraction of sp³-hybridized carbons (Fsp3) is 0.208. The summed E-state index contributed by atoms with van der Waals surface area (Å²) in [7, 11) is -3.96. The quantitative estimate of drug-likeness (QED) is 0.610. The van der Waals surface area contributed by atoms with Crippen molar-refractivity contribution in [3.05, 3.63) is 83.9 Å². The second kappa shape index (κ2) is 9.42. The van der Waals surface area contributed by atoms with Crippen molar-refractivity contribution in [2.75, 3.05) is 31.0 Å². The summed E-state index contributed by atoms with van der Waals surface area (Å²) in [6.45, 7) is 3.71. The van der Waals surface area contributed by atoms with Gasteiger partial charge in [0.25, 0.3) is 15.9 Å². The number of aryl methyl sites for hydroxylation is 1. The number of para-hydroxylation sites is 3. The minimum absolute atomic E-state index is 0.00854. The Morgan fingerprint density at radius 2 is 1.66 bits per heavy atom. The number of benzene rings is 3. The highest BCUT2D eigenvalue weighted by Crippen LogP contribution is 2.31. The molecule has 166 valence electrons. The van der Waals surface area contributed by atoms with E-state index in [-0.39, 0.29) is 10.8 Å². The van der Waals surface area contributed by atoms with Gasteiger partial charge in [0.2, 0.25) is 0 Å². The fourth-order valence-corrected chi connectivity index (χ4v) is 4.49. The van der Waals surface area contributed by atoms with E-state index in [1.54, 1.807) is 54.3 Å². The van der Waals surface area contributed by atoms with Crippen LogP contribution < -0.4 is 9.46 Å². The van der Waals surface area contributed by atoms with Crippen LogP contribution in [0, 0.1) is 6.92 Å². The molecule has 0 radical (unpaired) electrons. The van der Waals surface area contributed by atoms with Gasteiger partial charge in [0.1, 0.15) is 5.75 Å². The number of sulfonamides is 1. The number of hydrogen-bond acceptors (Lipinski definition) is 5. The second-order valence-electron chi connectivity index (χ2n) is 7.40. The van der Waals surface area contributed by atoms with Crippen LogP contribution in [0.5, 0.6) is 11.5 Å². The van der Waals surface area contributed by atoms with Crippen LogP contribution in [0.25, 0.3) is 0 Å². The van der Waals surface area contributed by atoms with E-state index in [0.717, 1.165) is 0 Å². The molecule has 3 aromatic carbocycles. The number of nitrogens with zero attached hydrogens (tertiary/aromatic N) is 1. The number of nitrogens with one attached hydrogen (secondary N) is 1. The van der Waals surface area contributed by atoms with Gasteiger partial charge in [0, 0.05) is 18.7 Å². The van der Waals surface area contributed by atoms with E-state index < -0.39 is 10.0 Å². The molecule has 1 saturated heterocycles. The number of anilines is 1. The van der Waals surface area contributed by atoms with Crippen LogP contribution in [-0.4, -0.2) is 45.5 Å². The summed E-state index contributed by atoms with van der Waals surface area (Å²) in [5.41, 5.74) is 1.38. The monoisotopic (exact) mass is 452 g/mol. The number of rotatable bonds is 6. The van der Waals surface area contributed by atoms with Crippen LogP contribution in [-0.2, 0) is 14.8 Å². The molecule has 0 aromatic heterocycles. The van der Waals surface area contributed by atoms with Crippen molar-refractivity contribution in [3.8, 4) is 11.5 Å². The Balaban J connectivity index is 1.60. The third kappa shape index (κ3) is 4.92. The lowest BCUT2D eigenvalue weighted by Gasteiger charge is -2.27. The molecule has 0 unspecified atom stereocenters. The first-order chi connectivity index (χ1) is 15.4. The van der Waals surface area contributed by atoms with Crippen LogP contribution in [0.1, 0.15) is 15.9 Å². The molecular weight excluding hydrogens is 428 g/mol. The van der Waals surface area contributed by atoms with E-state index in [1.165, 1.54) is 12.1 Å². The van der Waals surface area contributed by atoms with Crippen molar-refractivity contribution >= 4 is 21.6 Å². The molecular formula is C24H24N2O5S. The van der Waals surface area contributed by atoms with Crippen LogP contribution in [0.15, 0.2) is 77.7 Å². The zero-order valence-corrected chi connectivity index (χ0v) is 18.5. The molecule has 4 rings (SSSR count). The molecule has 0 saturated carbocycles. The Kier molecular flexibility index (Phi) is 6.43. The van der Waals surface area contributed by atoms with Crippen molar-refractivity contribution < 1.29 is 22.7 Å². The van der Waals surface area contributed by atoms with E-state index in [4.69, 9.17) is 9.47 Å². The predicted octanol–water partition coefficient (Wildman–Crippen LogP) is 4.06. The fourth-order valence-electron chi connectivity index (χ4n) is 3.39. The third-order valence-electron chi connectivity index (χ3n) is 5.15. The molecule has 7 nitrogen and oxygen atoms in total. The number of amides is 1. The molecule has 1 N–H and O–H groups in total. The van der Waals surface area contributed by atoms with Crippen LogP contribution in [0.2, 0.25) is 0 Å². The zero-order valence-electron chi connectivity index (χ0n) is 17.7. The van der Waals surface area contributed by atoms with Crippen LogP contribution in [0.3, 0.4) is 0 Å². The Labute approximate surface area is 187 Å². The predicted molar refractivity (Wildman–Crippen MR) is 122 cm³/mol. The van der Waals surface area contributed by atoms with Gasteiger partial charge in [-0.25, -0.2) is 8.42 Å². The standard InChI is InChI=1S/C24H24N2O5S/c1-18-11-12-20(17-21(18)24(27)26-13-15-30-16-14-26)32(28,29)25-22-9-5-6-10-23(22)31-19-7-3-2-4-8-19/h2-12,17,25H,13-16H2,1H3. The highest BCUT2D eigenvalue weighted by molar-refractivity contribution is 7.92. The maximum absolute atomic E-state index is 13.2. The van der Waals surface area contributed by atoms with Crippen molar-refractivity contribution in [1.29, 1.82) is 0 Å². The number of ether oxygens (including phenoxy) is 2. The average molecular weight is 453 g/mol. The van der Waals surface area contributed by atoms with E-state index in [1.807, 2.05) is 18.2 Å². The van der Waals surface area contributed by atoms with Gasteiger partial charge in [-0.3, -0.25) is 9.52 Å². The normalized spacial score (nSPS) is 14.1. The number of morpholine rings is 1. The first kappa shape index (κ1) is 21.9. The smallest absolute Gasteiger partial charge is 0.262 e. The van der Waals surface area contributed by atoms with Gasteiger partial charge in [-0.2, -0.15) is 0 Å². The zero-order chi connectivity index (χ0) is 22.6. The highest BCUT2D eigenvalue weighted by atomic mass is 32.2.